The number of carbonyl (C=O) groups excluding carboxylic acids is 1. The molecule has 2 rings (SSSR count). The fraction of sp³-hybridized carbons (Fsp3) is 0.235. The summed E-state index contributed by atoms with van der Waals surface area (Å²) in [7, 11) is 3.34. The van der Waals surface area contributed by atoms with Crippen LogP contribution in [0.25, 0.3) is 0 Å². The number of nitrogens with zero attached hydrogens (tertiary/aromatic N) is 1. The van der Waals surface area contributed by atoms with E-state index in [1.807, 2.05) is 12.1 Å². The van der Waals surface area contributed by atoms with Gasteiger partial charge < -0.3 is 14.4 Å². The summed E-state index contributed by atoms with van der Waals surface area (Å²) in [4.78, 5) is 13.9. The van der Waals surface area contributed by atoms with Gasteiger partial charge in [0.05, 0.1) is 13.7 Å². The maximum atomic E-state index is 12.2. The Morgan fingerprint density at radius 1 is 1.14 bits per heavy atom. The summed E-state index contributed by atoms with van der Waals surface area (Å²) in [5, 5.41) is 0.625. The lowest BCUT2D eigenvalue weighted by Gasteiger charge is -2.17. The fourth-order valence-electron chi connectivity index (χ4n) is 1.91. The molecule has 0 aliphatic rings. The van der Waals surface area contributed by atoms with Gasteiger partial charge in [-0.05, 0) is 42.5 Å². The summed E-state index contributed by atoms with van der Waals surface area (Å²) in [5.41, 5.74) is 0.617. The van der Waals surface area contributed by atoms with E-state index in [1.54, 1.807) is 55.5 Å². The zero-order valence-electron chi connectivity index (χ0n) is 12.6. The van der Waals surface area contributed by atoms with Crippen LogP contribution < -0.4 is 9.47 Å². The highest BCUT2D eigenvalue weighted by Crippen LogP contribution is 2.17. The van der Waals surface area contributed by atoms with E-state index in [9.17, 15) is 4.79 Å². The van der Waals surface area contributed by atoms with Crippen molar-refractivity contribution in [1.29, 1.82) is 0 Å². The van der Waals surface area contributed by atoms with Gasteiger partial charge in [0.15, 0.2) is 0 Å². The number of hydrogen-bond acceptors (Lipinski definition) is 3. The largest absolute Gasteiger partial charge is 0.497 e. The van der Waals surface area contributed by atoms with Crippen LogP contribution in [0, 0.1) is 0 Å². The molecule has 0 radical (unpaired) electrons. The average molecular weight is 320 g/mol. The number of carbonyl (C=O) groups is 1. The molecule has 2 aromatic carbocycles. The molecule has 0 aromatic heterocycles. The fourth-order valence-corrected chi connectivity index (χ4v) is 2.09. The number of ether oxygens (including phenoxy) is 2. The van der Waals surface area contributed by atoms with Crippen molar-refractivity contribution < 1.29 is 14.3 Å². The molecule has 5 heteroatoms. The Bertz CT molecular complexity index is 628. The molecule has 0 aliphatic carbocycles. The summed E-state index contributed by atoms with van der Waals surface area (Å²) in [6.07, 6.45) is 0. The SMILES string of the molecule is COc1ccc(C(=O)N(C)CCOc2cccc(Cl)c2)cc1. The highest BCUT2D eigenvalue weighted by atomic mass is 35.5. The highest BCUT2D eigenvalue weighted by Gasteiger charge is 2.11. The summed E-state index contributed by atoms with van der Waals surface area (Å²) >= 11 is 5.89. The molecule has 1 amide bonds. The van der Waals surface area contributed by atoms with Gasteiger partial charge in [-0.2, -0.15) is 0 Å². The van der Waals surface area contributed by atoms with Gasteiger partial charge in [-0.25, -0.2) is 0 Å². The predicted octanol–water partition coefficient (Wildman–Crippen LogP) is 3.50. The van der Waals surface area contributed by atoms with E-state index in [4.69, 9.17) is 21.1 Å². The monoisotopic (exact) mass is 319 g/mol. The van der Waals surface area contributed by atoms with E-state index in [-0.39, 0.29) is 5.91 Å². The molecule has 0 spiro atoms. The van der Waals surface area contributed by atoms with Gasteiger partial charge in [0, 0.05) is 17.6 Å². The molecule has 116 valence electrons. The standard InChI is InChI=1S/C17H18ClNO3/c1-19(10-11-22-16-5-3-4-14(18)12-16)17(20)13-6-8-15(21-2)9-7-13/h3-9,12H,10-11H2,1-2H3. The van der Waals surface area contributed by atoms with E-state index in [1.165, 1.54) is 0 Å². The van der Waals surface area contributed by atoms with E-state index < -0.39 is 0 Å². The van der Waals surface area contributed by atoms with Crippen LogP contribution in [0.3, 0.4) is 0 Å². The normalized spacial score (nSPS) is 10.1. The van der Waals surface area contributed by atoms with Crippen LogP contribution >= 0.6 is 11.6 Å². The minimum atomic E-state index is -0.0580. The van der Waals surface area contributed by atoms with Crippen molar-refractivity contribution in [2.24, 2.45) is 0 Å². The number of amides is 1. The zero-order chi connectivity index (χ0) is 15.9. The third-order valence-electron chi connectivity index (χ3n) is 3.18. The van der Waals surface area contributed by atoms with Gasteiger partial charge >= 0.3 is 0 Å². The van der Waals surface area contributed by atoms with Crippen molar-refractivity contribution >= 4 is 17.5 Å². The Kier molecular flexibility index (Phi) is 5.67. The molecule has 2 aromatic rings. The number of methoxy groups -OCH3 is 1. The van der Waals surface area contributed by atoms with Crippen LogP contribution in [-0.2, 0) is 0 Å². The maximum absolute atomic E-state index is 12.2. The molecule has 0 saturated carbocycles. The molecule has 4 nitrogen and oxygen atoms in total. The molecule has 0 bridgehead atoms. The topological polar surface area (TPSA) is 38.8 Å². The van der Waals surface area contributed by atoms with Crippen LogP contribution in [0.2, 0.25) is 5.02 Å². The van der Waals surface area contributed by atoms with Gasteiger partial charge in [-0.1, -0.05) is 17.7 Å². The van der Waals surface area contributed by atoms with Gasteiger partial charge in [0.25, 0.3) is 5.91 Å². The molecule has 0 unspecified atom stereocenters. The van der Waals surface area contributed by atoms with E-state index in [0.29, 0.717) is 29.5 Å². The lowest BCUT2D eigenvalue weighted by atomic mass is 10.2. The maximum Gasteiger partial charge on any atom is 0.253 e. The van der Waals surface area contributed by atoms with Crippen molar-refractivity contribution in [2.75, 3.05) is 27.3 Å². The minimum Gasteiger partial charge on any atom is -0.497 e. The summed E-state index contributed by atoms with van der Waals surface area (Å²) in [6, 6.07) is 14.2. The highest BCUT2D eigenvalue weighted by molar-refractivity contribution is 6.30. The van der Waals surface area contributed by atoms with Crippen molar-refractivity contribution in [2.45, 2.75) is 0 Å². The number of likely N-dealkylation sites (N-methyl/N-ethyl adjacent to an activating group) is 1. The van der Waals surface area contributed by atoms with E-state index in [2.05, 4.69) is 0 Å². The van der Waals surface area contributed by atoms with Crippen LogP contribution in [0.4, 0.5) is 0 Å². The minimum absolute atomic E-state index is 0.0580. The van der Waals surface area contributed by atoms with Crippen LogP contribution in [-0.4, -0.2) is 38.1 Å². The second-order valence-corrected chi connectivity index (χ2v) is 5.20. The summed E-state index contributed by atoms with van der Waals surface area (Å²) < 4.78 is 10.7. The lowest BCUT2D eigenvalue weighted by Crippen LogP contribution is -2.30. The Morgan fingerprint density at radius 2 is 1.86 bits per heavy atom. The molecular weight excluding hydrogens is 302 g/mol. The second kappa shape index (κ2) is 7.71. The predicted molar refractivity (Wildman–Crippen MR) is 86.9 cm³/mol. The number of hydrogen-bond donors (Lipinski definition) is 0. The van der Waals surface area contributed by atoms with Crippen molar-refractivity contribution in [3.8, 4) is 11.5 Å². The van der Waals surface area contributed by atoms with Crippen molar-refractivity contribution in [3.05, 3.63) is 59.1 Å². The Hall–Kier alpha value is -2.20. The third kappa shape index (κ3) is 4.40. The van der Waals surface area contributed by atoms with Gasteiger partial charge in [-0.15, -0.1) is 0 Å². The van der Waals surface area contributed by atoms with E-state index >= 15 is 0 Å². The smallest absolute Gasteiger partial charge is 0.253 e. The lowest BCUT2D eigenvalue weighted by molar-refractivity contribution is 0.0773. The Morgan fingerprint density at radius 3 is 2.50 bits per heavy atom. The van der Waals surface area contributed by atoms with Gasteiger partial charge in [-0.3, -0.25) is 4.79 Å². The molecule has 0 N–H and O–H groups in total. The molecule has 0 aliphatic heterocycles. The van der Waals surface area contributed by atoms with Crippen LogP contribution in [0.1, 0.15) is 10.4 Å². The average Bonchev–Trinajstić information content (AvgIpc) is 2.54. The first-order valence-corrected chi connectivity index (χ1v) is 7.26. The van der Waals surface area contributed by atoms with Gasteiger partial charge in [0.1, 0.15) is 18.1 Å². The zero-order valence-corrected chi connectivity index (χ0v) is 13.3. The quantitative estimate of drug-likeness (QED) is 0.818. The molecule has 0 atom stereocenters. The number of halogens is 1. The van der Waals surface area contributed by atoms with Crippen LogP contribution in [0.15, 0.2) is 48.5 Å². The molecule has 22 heavy (non-hydrogen) atoms. The molecule has 0 heterocycles. The number of benzene rings is 2. The molecule has 0 saturated heterocycles. The number of rotatable bonds is 6. The first kappa shape index (κ1) is 16.2. The molecule has 0 fully saturated rings. The Balaban J connectivity index is 1.85. The Labute approximate surface area is 135 Å². The van der Waals surface area contributed by atoms with Crippen molar-refractivity contribution in [1.82, 2.24) is 4.90 Å². The first-order valence-electron chi connectivity index (χ1n) is 6.88. The second-order valence-electron chi connectivity index (χ2n) is 4.76. The third-order valence-corrected chi connectivity index (χ3v) is 3.41. The summed E-state index contributed by atoms with van der Waals surface area (Å²) in [5.74, 6) is 1.36. The van der Waals surface area contributed by atoms with Crippen molar-refractivity contribution in [3.63, 3.8) is 0 Å². The summed E-state index contributed by atoms with van der Waals surface area (Å²) in [6.45, 7) is 0.885. The van der Waals surface area contributed by atoms with E-state index in [0.717, 1.165) is 5.75 Å². The van der Waals surface area contributed by atoms with Gasteiger partial charge in [0.2, 0.25) is 0 Å². The first-order chi connectivity index (χ1) is 10.6. The van der Waals surface area contributed by atoms with Crippen LogP contribution in [0.5, 0.6) is 11.5 Å². The molecular formula is C17H18ClNO3.